The maximum atomic E-state index is 15.2. The van der Waals surface area contributed by atoms with Crippen LogP contribution in [0, 0.1) is 11.3 Å². The van der Waals surface area contributed by atoms with Crippen LogP contribution < -0.4 is 19.7 Å². The molecule has 6 N–H and O–H groups in total. The number of benzene rings is 4. The number of nitrogens with one attached hydrogen (secondary N) is 2. The minimum atomic E-state index is -0.771. The van der Waals surface area contributed by atoms with Crippen molar-refractivity contribution in [2.24, 2.45) is 11.3 Å². The van der Waals surface area contributed by atoms with Gasteiger partial charge in [-0.1, -0.05) is 66.8 Å². The Bertz CT molecular complexity index is 3470. The predicted octanol–water partition coefficient (Wildman–Crippen LogP) is 11.5. The van der Waals surface area contributed by atoms with E-state index in [0.29, 0.717) is 50.8 Å². The van der Waals surface area contributed by atoms with E-state index in [1.54, 1.807) is 37.3 Å². The summed E-state index contributed by atoms with van der Waals surface area (Å²) in [5.74, 6) is 0.313. The number of H-pyrrole nitrogens is 1. The van der Waals surface area contributed by atoms with Crippen LogP contribution in [0.3, 0.4) is 0 Å². The fourth-order valence-electron chi connectivity index (χ4n) is 13.0. The number of aromatic amines is 1. The number of phenols is 3. The molecule has 0 saturated carbocycles. The van der Waals surface area contributed by atoms with E-state index in [2.05, 4.69) is 86.8 Å². The lowest BCUT2D eigenvalue weighted by Gasteiger charge is -2.47. The molecule has 6 aromatic rings. The highest BCUT2D eigenvalue weighted by Crippen LogP contribution is 2.56. The summed E-state index contributed by atoms with van der Waals surface area (Å²) in [6.07, 6.45) is 25.8. The fourth-order valence-corrected chi connectivity index (χ4v) is 13.0. The molecule has 1 spiro atoms. The Hall–Kier alpha value is -8.23. The molecule has 0 radical (unpaired) electrons. The zero-order valence-corrected chi connectivity index (χ0v) is 44.2. The highest BCUT2D eigenvalue weighted by atomic mass is 16.5. The number of ketones is 2. The second-order valence-corrected chi connectivity index (χ2v) is 21.5. The summed E-state index contributed by atoms with van der Waals surface area (Å²) in [5.41, 5.74) is 6.73. The number of dihydropyridines is 1. The molecule has 7 atom stereocenters. The molecule has 0 saturated heterocycles. The van der Waals surface area contributed by atoms with Crippen molar-refractivity contribution in [1.82, 2.24) is 14.9 Å². The topological polar surface area (TPSA) is 196 Å². The highest BCUT2D eigenvalue weighted by Gasteiger charge is 2.46. The van der Waals surface area contributed by atoms with E-state index >= 15 is 4.79 Å². The molecule has 14 heteroatoms. The van der Waals surface area contributed by atoms with Crippen molar-refractivity contribution < 1.29 is 49.0 Å². The van der Waals surface area contributed by atoms with Gasteiger partial charge in [-0.05, 0) is 133 Å². The van der Waals surface area contributed by atoms with Crippen molar-refractivity contribution in [3.8, 4) is 34.5 Å². The Morgan fingerprint density at radius 2 is 1.72 bits per heavy atom. The van der Waals surface area contributed by atoms with Gasteiger partial charge in [-0.25, -0.2) is 0 Å². The van der Waals surface area contributed by atoms with Crippen LogP contribution in [0.4, 0.5) is 5.69 Å². The van der Waals surface area contributed by atoms with E-state index in [9.17, 15) is 30.0 Å². The first kappa shape index (κ1) is 51.9. The standard InChI is InChI=1S/C64H66N4O10/c1-38(69)22-26-67-55-17-16-50-58(74)19-18-56-62(50)53(55)37-68(56)57(42-29-59(75)63(60(30-42)76-3)78-48-14-8-13-46(72)32-48)34-47(73)33-49(77-39(2)70)20-24-64-23-5-4-10-44(64)11-7-15-54(64)52-36-65-35-43(52)28-51(40-9-6-12-45(71)27-40)41-21-25-66-61(67)31-41/h4-10,12-17,21,23,27,29-32,35-37,44,49,51,54,57-58,65-66,71-72,74-75H,11,18-20,22,24-26,28,33-34H2,1-3H3. The lowest BCUT2D eigenvalue weighted by atomic mass is 9.57. The minimum Gasteiger partial charge on any atom is -0.508 e. The molecule has 402 valence electrons. The number of anilines is 1. The number of aromatic nitrogens is 2. The van der Waals surface area contributed by atoms with Crippen LogP contribution in [-0.2, 0) is 32.0 Å². The van der Waals surface area contributed by atoms with E-state index < -0.39 is 29.6 Å². The number of carbonyl (C=O) groups is 3. The third-order valence-corrected chi connectivity index (χ3v) is 16.6. The Kier molecular flexibility index (Phi) is 14.4. The van der Waals surface area contributed by atoms with Gasteiger partial charge in [0.25, 0.3) is 0 Å². The summed E-state index contributed by atoms with van der Waals surface area (Å²) in [5, 5.41) is 50.2. The van der Waals surface area contributed by atoms with Crippen LogP contribution in [0.2, 0.25) is 0 Å². The van der Waals surface area contributed by atoms with Crippen molar-refractivity contribution in [2.45, 2.75) is 102 Å². The maximum Gasteiger partial charge on any atom is 0.302 e. The molecule has 11 rings (SSSR count). The molecule has 2 aromatic heterocycles. The number of carbonyl (C=O) groups excluding carboxylic acids is 3. The molecule has 0 amide bonds. The number of aromatic hydroxyl groups is 3. The van der Waals surface area contributed by atoms with Crippen LogP contribution in [0.15, 0.2) is 151 Å². The number of aliphatic hydroxyl groups is 1. The van der Waals surface area contributed by atoms with Gasteiger partial charge < -0.3 is 54.4 Å². The van der Waals surface area contributed by atoms with Gasteiger partial charge in [0.15, 0.2) is 11.5 Å². The first-order valence-corrected chi connectivity index (χ1v) is 27.1. The maximum absolute atomic E-state index is 15.2. The second kappa shape index (κ2) is 21.7. The van der Waals surface area contributed by atoms with Crippen molar-refractivity contribution in [3.63, 3.8) is 0 Å². The number of aryl methyl sites for hydroxylation is 1. The number of methoxy groups -OCH3 is 1. The quantitative estimate of drug-likeness (QED) is 0.0593. The third-order valence-electron chi connectivity index (χ3n) is 16.6. The number of hydrogen-bond acceptors (Lipinski definition) is 12. The number of fused-ring (bicyclic) bond motifs is 5. The zero-order valence-electron chi connectivity index (χ0n) is 44.2. The predicted molar refractivity (Wildman–Crippen MR) is 298 cm³/mol. The number of esters is 1. The molecule has 14 nitrogen and oxygen atoms in total. The number of phenolic OH excluding ortho intramolecular Hbond substituents is 3. The number of Topliss-reactive ketones (excluding diaryl/α,β-unsaturated/α-hetero) is 2. The van der Waals surface area contributed by atoms with Gasteiger partial charge in [-0.3, -0.25) is 14.4 Å². The molecule has 4 heterocycles. The van der Waals surface area contributed by atoms with Gasteiger partial charge in [0.05, 0.1) is 24.9 Å². The number of rotatable bonds is 9. The summed E-state index contributed by atoms with van der Waals surface area (Å²) in [7, 11) is 1.47. The summed E-state index contributed by atoms with van der Waals surface area (Å²) >= 11 is 0. The van der Waals surface area contributed by atoms with Gasteiger partial charge in [0, 0.05) is 97.6 Å². The largest absolute Gasteiger partial charge is 0.508 e. The van der Waals surface area contributed by atoms with Gasteiger partial charge in [0.1, 0.15) is 40.7 Å². The normalized spacial score (nSPS) is 23.9. The Morgan fingerprint density at radius 3 is 2.51 bits per heavy atom. The van der Waals surface area contributed by atoms with Crippen LogP contribution in [0.1, 0.15) is 116 Å². The lowest BCUT2D eigenvalue weighted by molar-refractivity contribution is -0.148. The second-order valence-electron chi connectivity index (χ2n) is 21.5. The van der Waals surface area contributed by atoms with Crippen molar-refractivity contribution in [2.75, 3.05) is 25.1 Å². The average molecular weight is 1050 g/mol. The van der Waals surface area contributed by atoms with Crippen LogP contribution in [-0.4, -0.2) is 73.8 Å². The Morgan fingerprint density at radius 1 is 0.885 bits per heavy atom. The Labute approximate surface area is 453 Å². The summed E-state index contributed by atoms with van der Waals surface area (Å²) < 4.78 is 20.3. The molecule has 7 unspecified atom stereocenters. The smallest absolute Gasteiger partial charge is 0.302 e. The fraction of sp³-hybridized carbons (Fsp3) is 0.328. The Balaban J connectivity index is 1.12. The van der Waals surface area contributed by atoms with E-state index in [4.69, 9.17) is 14.2 Å². The summed E-state index contributed by atoms with van der Waals surface area (Å²) in [6.45, 7) is 3.77. The number of aliphatic hydroxyl groups excluding tert-OH is 1. The summed E-state index contributed by atoms with van der Waals surface area (Å²) in [6, 6.07) is 20.2. The number of ether oxygens (including phenoxy) is 3. The molecular formula is C64H66N4O10. The monoisotopic (exact) mass is 1050 g/mol. The molecule has 0 fully saturated rings. The molecule has 2 aliphatic heterocycles. The van der Waals surface area contributed by atoms with E-state index in [1.165, 1.54) is 26.2 Å². The van der Waals surface area contributed by atoms with Gasteiger partial charge in [0.2, 0.25) is 5.75 Å². The van der Waals surface area contributed by atoms with Crippen LogP contribution >= 0.6 is 0 Å². The van der Waals surface area contributed by atoms with Gasteiger partial charge in [-0.15, -0.1) is 0 Å². The van der Waals surface area contributed by atoms with Crippen molar-refractivity contribution in [3.05, 3.63) is 185 Å². The average Bonchev–Trinajstić information content (AvgIpc) is 4.16. The first-order valence-electron chi connectivity index (χ1n) is 27.1. The van der Waals surface area contributed by atoms with Gasteiger partial charge in [-0.2, -0.15) is 0 Å². The number of nitrogens with zero attached hydrogens (tertiary/aromatic N) is 2. The van der Waals surface area contributed by atoms with Crippen molar-refractivity contribution in [1.29, 1.82) is 0 Å². The van der Waals surface area contributed by atoms with E-state index in [-0.39, 0.29) is 83.1 Å². The zero-order chi connectivity index (χ0) is 54.2. The van der Waals surface area contributed by atoms with Crippen LogP contribution in [0.5, 0.6) is 34.5 Å². The molecule has 3 aliphatic carbocycles. The number of hydrogen-bond donors (Lipinski definition) is 6. The van der Waals surface area contributed by atoms with Gasteiger partial charge >= 0.3 is 5.97 Å². The lowest BCUT2D eigenvalue weighted by Crippen LogP contribution is -2.38. The molecule has 5 aliphatic rings. The molecular weight excluding hydrogens is 985 g/mol. The third kappa shape index (κ3) is 10.1. The van der Waals surface area contributed by atoms with E-state index in [0.717, 1.165) is 62.2 Å². The SMILES string of the molecule is COc1cc(C2CC(=O)CC(OC(C)=O)CCC34C=CC=CC3CC=CC4c3c[nH]cc3CC(c3cccc(O)c3)C3=CCNC(=C3)N(CCC(C)=O)c3ccc4c5c(n2cc35)CCC4O)cc(O)c1Oc1cccc(O)c1. The van der Waals surface area contributed by atoms with Crippen molar-refractivity contribution >= 4 is 34.0 Å². The molecule has 4 bridgehead atoms. The van der Waals surface area contributed by atoms with E-state index in [1.807, 2.05) is 30.5 Å². The summed E-state index contributed by atoms with van der Waals surface area (Å²) in [4.78, 5) is 46.9. The molecule has 78 heavy (non-hydrogen) atoms. The number of allylic oxidation sites excluding steroid dienone is 8. The molecule has 4 aromatic carbocycles. The first-order chi connectivity index (χ1) is 37.8. The van der Waals surface area contributed by atoms with Crippen LogP contribution in [0.25, 0.3) is 10.8 Å². The highest BCUT2D eigenvalue weighted by molar-refractivity contribution is 6.00. The minimum absolute atomic E-state index is 0.0146.